The fourth-order valence-corrected chi connectivity index (χ4v) is 8.49. The van der Waals surface area contributed by atoms with Gasteiger partial charge in [-0.25, -0.2) is 0 Å². The van der Waals surface area contributed by atoms with Crippen molar-refractivity contribution in [3.63, 3.8) is 0 Å². The van der Waals surface area contributed by atoms with Crippen LogP contribution < -0.4 is 4.90 Å². The first-order chi connectivity index (χ1) is 13.8. The Bertz CT molecular complexity index is 805. The molecule has 1 aliphatic heterocycles. The van der Waals surface area contributed by atoms with Gasteiger partial charge in [0.05, 0.1) is 4.92 Å². The van der Waals surface area contributed by atoms with E-state index in [4.69, 9.17) is 0 Å². The van der Waals surface area contributed by atoms with Crippen LogP contribution in [0.25, 0.3) is 0 Å². The number of nitro benzene ring substituents is 1. The number of alkyl halides is 1. The molecule has 4 saturated carbocycles. The van der Waals surface area contributed by atoms with E-state index < -0.39 is 0 Å². The predicted octanol–water partition coefficient (Wildman–Crippen LogP) is 4.37. The molecule has 4 bridgehead atoms. The number of piperazine rings is 1. The molecule has 1 aromatic rings. The normalized spacial score (nSPS) is 35.8. The first kappa shape index (κ1) is 19.3. The third-order valence-corrected chi connectivity index (χ3v) is 8.62. The second-order valence-corrected chi connectivity index (χ2v) is 11.6. The number of halogens is 1. The molecule has 2 atom stereocenters. The zero-order valence-corrected chi connectivity index (χ0v) is 18.3. The van der Waals surface area contributed by atoms with Gasteiger partial charge >= 0.3 is 0 Å². The molecule has 1 saturated heterocycles. The van der Waals surface area contributed by atoms with Crippen molar-refractivity contribution < 1.29 is 9.72 Å². The number of carbonyl (C=O) groups is 1. The monoisotopic (exact) mass is 461 g/mol. The highest BCUT2D eigenvalue weighted by Crippen LogP contribution is 2.65. The number of anilines is 1. The van der Waals surface area contributed by atoms with E-state index in [0.717, 1.165) is 43.7 Å². The quantitative estimate of drug-likeness (QED) is 0.379. The maximum absolute atomic E-state index is 13.2. The zero-order valence-electron chi connectivity index (χ0n) is 16.7. The van der Waals surface area contributed by atoms with Crippen LogP contribution in [0.5, 0.6) is 0 Å². The molecule has 5 aliphatic rings. The van der Waals surface area contributed by atoms with Gasteiger partial charge in [0.25, 0.3) is 5.69 Å². The smallest absolute Gasteiger partial charge is 0.269 e. The van der Waals surface area contributed by atoms with Crippen LogP contribution >= 0.6 is 15.9 Å². The minimum atomic E-state index is -0.373. The Kier molecular flexibility index (Phi) is 4.64. The highest BCUT2D eigenvalue weighted by molar-refractivity contribution is 9.10. The Morgan fingerprint density at radius 2 is 1.69 bits per heavy atom. The van der Waals surface area contributed by atoms with E-state index in [0.29, 0.717) is 16.7 Å². The average molecular weight is 462 g/mol. The van der Waals surface area contributed by atoms with Gasteiger partial charge in [-0.3, -0.25) is 14.9 Å². The van der Waals surface area contributed by atoms with E-state index in [2.05, 4.69) is 20.8 Å². The van der Waals surface area contributed by atoms with E-state index in [9.17, 15) is 14.9 Å². The molecule has 6 nitrogen and oxygen atoms in total. The van der Waals surface area contributed by atoms with Gasteiger partial charge in [0, 0.05) is 54.7 Å². The SMILES string of the molecule is O=C(CC12C[C@H]3C[C@@H](CC(Br)(C3)C1)C2)N1CCN(c2ccc([N+](=O)[O-])cc2)CC1. The Morgan fingerprint density at radius 3 is 2.24 bits per heavy atom. The summed E-state index contributed by atoms with van der Waals surface area (Å²) in [5.41, 5.74) is 1.33. The molecule has 6 rings (SSSR count). The Hall–Kier alpha value is -1.63. The van der Waals surface area contributed by atoms with E-state index in [1.54, 1.807) is 24.3 Å². The minimum absolute atomic E-state index is 0.114. The Morgan fingerprint density at radius 1 is 1.07 bits per heavy atom. The van der Waals surface area contributed by atoms with Crippen molar-refractivity contribution >= 4 is 33.2 Å². The van der Waals surface area contributed by atoms with Crippen molar-refractivity contribution in [1.29, 1.82) is 0 Å². The molecule has 4 aliphatic carbocycles. The summed E-state index contributed by atoms with van der Waals surface area (Å²) in [6.45, 7) is 3.03. The van der Waals surface area contributed by atoms with Crippen molar-refractivity contribution in [3.8, 4) is 0 Å². The third kappa shape index (κ3) is 3.66. The number of benzene rings is 1. The molecule has 1 amide bonds. The molecule has 0 radical (unpaired) electrons. The number of nitro groups is 1. The maximum Gasteiger partial charge on any atom is 0.269 e. The molecule has 1 heterocycles. The van der Waals surface area contributed by atoms with Gasteiger partial charge in [-0.05, 0) is 67.9 Å². The summed E-state index contributed by atoms with van der Waals surface area (Å²) in [5.74, 6) is 1.94. The lowest BCUT2D eigenvalue weighted by molar-refractivity contribution is -0.384. The lowest BCUT2D eigenvalue weighted by Crippen LogP contribution is -2.55. The maximum atomic E-state index is 13.2. The summed E-state index contributed by atoms with van der Waals surface area (Å²) in [7, 11) is 0. The van der Waals surface area contributed by atoms with Crippen molar-refractivity contribution in [2.45, 2.75) is 49.3 Å². The second-order valence-electron chi connectivity index (χ2n) is 9.93. The lowest BCUT2D eigenvalue weighted by atomic mass is 9.48. The van der Waals surface area contributed by atoms with Crippen molar-refractivity contribution in [2.24, 2.45) is 17.3 Å². The molecule has 7 heteroatoms. The molecule has 5 fully saturated rings. The number of hydrogen-bond acceptors (Lipinski definition) is 4. The fourth-order valence-electron chi connectivity index (χ4n) is 6.97. The number of nitrogens with zero attached hydrogens (tertiary/aromatic N) is 3. The van der Waals surface area contributed by atoms with Gasteiger partial charge in [-0.1, -0.05) is 15.9 Å². The number of rotatable bonds is 4. The molecule has 0 aromatic heterocycles. The van der Waals surface area contributed by atoms with Gasteiger partial charge in [0.2, 0.25) is 5.91 Å². The first-order valence-corrected chi connectivity index (χ1v) is 11.6. The second kappa shape index (κ2) is 6.96. The summed E-state index contributed by atoms with van der Waals surface area (Å²) in [6, 6.07) is 6.72. The topological polar surface area (TPSA) is 66.7 Å². The minimum Gasteiger partial charge on any atom is -0.368 e. The first-order valence-electron chi connectivity index (χ1n) is 10.8. The van der Waals surface area contributed by atoms with E-state index in [1.807, 2.05) is 4.90 Å². The van der Waals surface area contributed by atoms with Crippen molar-refractivity contribution in [2.75, 3.05) is 31.1 Å². The molecule has 1 aromatic carbocycles. The van der Waals surface area contributed by atoms with Gasteiger partial charge in [0.15, 0.2) is 0 Å². The van der Waals surface area contributed by atoms with Gasteiger partial charge in [-0.2, -0.15) is 0 Å². The van der Waals surface area contributed by atoms with Crippen LogP contribution in [0.1, 0.15) is 44.9 Å². The number of amides is 1. The summed E-state index contributed by atoms with van der Waals surface area (Å²) < 4.78 is 0.298. The highest BCUT2D eigenvalue weighted by Gasteiger charge is 2.57. The van der Waals surface area contributed by atoms with Gasteiger partial charge in [0.1, 0.15) is 0 Å². The van der Waals surface area contributed by atoms with Crippen LogP contribution in [0.15, 0.2) is 24.3 Å². The van der Waals surface area contributed by atoms with Crippen LogP contribution in [0, 0.1) is 27.4 Å². The highest BCUT2D eigenvalue weighted by atomic mass is 79.9. The van der Waals surface area contributed by atoms with E-state index >= 15 is 0 Å². The largest absolute Gasteiger partial charge is 0.368 e. The van der Waals surface area contributed by atoms with Crippen LogP contribution in [0.4, 0.5) is 11.4 Å². The molecular formula is C22H28BrN3O3. The summed E-state index contributed by atoms with van der Waals surface area (Å²) >= 11 is 4.05. The number of hydrogen-bond donors (Lipinski definition) is 0. The van der Waals surface area contributed by atoms with Crippen molar-refractivity contribution in [3.05, 3.63) is 34.4 Å². The van der Waals surface area contributed by atoms with Crippen LogP contribution in [-0.4, -0.2) is 46.2 Å². The number of carbonyl (C=O) groups excluding carboxylic acids is 1. The fraction of sp³-hybridized carbons (Fsp3) is 0.682. The molecule has 0 N–H and O–H groups in total. The third-order valence-electron chi connectivity index (χ3n) is 7.70. The molecular weight excluding hydrogens is 434 g/mol. The molecule has 156 valence electrons. The van der Waals surface area contributed by atoms with E-state index in [-0.39, 0.29) is 16.0 Å². The predicted molar refractivity (Wildman–Crippen MR) is 115 cm³/mol. The lowest BCUT2D eigenvalue weighted by Gasteiger charge is -2.60. The summed E-state index contributed by atoms with van der Waals surface area (Å²) in [4.78, 5) is 27.9. The molecule has 29 heavy (non-hydrogen) atoms. The van der Waals surface area contributed by atoms with Crippen LogP contribution in [0.2, 0.25) is 0 Å². The molecule has 0 unspecified atom stereocenters. The van der Waals surface area contributed by atoms with Crippen LogP contribution in [0.3, 0.4) is 0 Å². The van der Waals surface area contributed by atoms with Gasteiger partial charge in [-0.15, -0.1) is 0 Å². The van der Waals surface area contributed by atoms with Crippen molar-refractivity contribution in [1.82, 2.24) is 4.90 Å². The summed E-state index contributed by atoms with van der Waals surface area (Å²) in [5, 5.41) is 10.8. The summed E-state index contributed by atoms with van der Waals surface area (Å²) in [6.07, 6.45) is 8.33. The Labute approximate surface area is 179 Å². The van der Waals surface area contributed by atoms with Gasteiger partial charge < -0.3 is 9.80 Å². The standard InChI is InChI=1S/C22H28BrN3O3/c23-22-12-16-9-17(13-22)11-21(10-16,15-22)14-20(27)25-7-5-24(6-8-25)18-1-3-19(4-2-18)26(28)29/h1-4,16-17H,5-15H2/t16-,17-,21?,22?/m1/s1. The number of non-ortho nitro benzene ring substituents is 1. The van der Waals surface area contributed by atoms with Crippen LogP contribution in [-0.2, 0) is 4.79 Å². The van der Waals surface area contributed by atoms with E-state index in [1.165, 1.54) is 38.5 Å². The average Bonchev–Trinajstić information content (AvgIpc) is 2.66. The molecule has 0 spiro atoms. The Balaban J connectivity index is 1.19. The zero-order chi connectivity index (χ0) is 20.2.